The van der Waals surface area contributed by atoms with E-state index in [9.17, 15) is 13.2 Å². The number of amides is 1. The SMILES string of the molecule is CC(C)Oc1ccc(NC(=O)C(C)(C)NS(=O)(=O)Cc2ccccc2)c2ccccc12. The number of hydrogen-bond donors (Lipinski definition) is 2. The highest BCUT2D eigenvalue weighted by Crippen LogP contribution is 2.32. The van der Waals surface area contributed by atoms with Crippen molar-refractivity contribution in [1.29, 1.82) is 0 Å². The van der Waals surface area contributed by atoms with Gasteiger partial charge in [0.15, 0.2) is 0 Å². The molecule has 6 nitrogen and oxygen atoms in total. The van der Waals surface area contributed by atoms with Gasteiger partial charge in [0.1, 0.15) is 11.3 Å². The summed E-state index contributed by atoms with van der Waals surface area (Å²) in [5.41, 5.74) is -0.105. The van der Waals surface area contributed by atoms with Crippen molar-refractivity contribution in [2.24, 2.45) is 0 Å². The molecule has 0 aromatic heterocycles. The van der Waals surface area contributed by atoms with Crippen LogP contribution in [-0.2, 0) is 20.6 Å². The summed E-state index contributed by atoms with van der Waals surface area (Å²) in [7, 11) is -3.72. The smallest absolute Gasteiger partial charge is 0.245 e. The van der Waals surface area contributed by atoms with Crippen molar-refractivity contribution in [1.82, 2.24) is 4.72 Å². The summed E-state index contributed by atoms with van der Waals surface area (Å²) in [6.45, 7) is 7.00. The van der Waals surface area contributed by atoms with E-state index in [1.54, 1.807) is 44.2 Å². The quantitative estimate of drug-likeness (QED) is 0.541. The maximum Gasteiger partial charge on any atom is 0.245 e. The monoisotopic (exact) mass is 440 g/mol. The largest absolute Gasteiger partial charge is 0.490 e. The van der Waals surface area contributed by atoms with Gasteiger partial charge >= 0.3 is 0 Å². The first-order chi connectivity index (χ1) is 14.6. The lowest BCUT2D eigenvalue weighted by Crippen LogP contribution is -2.52. The first kappa shape index (κ1) is 22.8. The van der Waals surface area contributed by atoms with Gasteiger partial charge in [0.25, 0.3) is 0 Å². The molecule has 3 aromatic carbocycles. The predicted molar refractivity (Wildman–Crippen MR) is 125 cm³/mol. The normalized spacial score (nSPS) is 12.2. The molecule has 1 amide bonds. The van der Waals surface area contributed by atoms with Crippen molar-refractivity contribution in [3.8, 4) is 5.75 Å². The number of carbonyl (C=O) groups excluding carboxylic acids is 1. The van der Waals surface area contributed by atoms with E-state index in [0.717, 1.165) is 16.5 Å². The molecule has 2 N–H and O–H groups in total. The summed E-state index contributed by atoms with van der Waals surface area (Å²) in [5.74, 6) is 0.0765. The average Bonchev–Trinajstić information content (AvgIpc) is 2.69. The van der Waals surface area contributed by atoms with Gasteiger partial charge in [0.2, 0.25) is 15.9 Å². The van der Waals surface area contributed by atoms with Gasteiger partial charge in [-0.15, -0.1) is 0 Å². The van der Waals surface area contributed by atoms with E-state index in [0.29, 0.717) is 11.3 Å². The maximum absolute atomic E-state index is 13.0. The van der Waals surface area contributed by atoms with E-state index >= 15 is 0 Å². The molecular formula is C24H28N2O4S. The molecule has 0 aliphatic rings. The molecule has 0 spiro atoms. The number of sulfonamides is 1. The molecule has 0 saturated carbocycles. The Kier molecular flexibility index (Phi) is 6.67. The Bertz CT molecular complexity index is 1170. The van der Waals surface area contributed by atoms with E-state index in [1.165, 1.54) is 0 Å². The Morgan fingerprint density at radius 3 is 2.19 bits per heavy atom. The van der Waals surface area contributed by atoms with Crippen LogP contribution in [0.2, 0.25) is 0 Å². The van der Waals surface area contributed by atoms with Crippen LogP contribution in [0, 0.1) is 0 Å². The van der Waals surface area contributed by atoms with Crippen LogP contribution in [0.5, 0.6) is 5.75 Å². The van der Waals surface area contributed by atoms with Crippen molar-refractivity contribution < 1.29 is 17.9 Å². The zero-order chi connectivity index (χ0) is 22.6. The zero-order valence-electron chi connectivity index (χ0n) is 18.2. The van der Waals surface area contributed by atoms with Gasteiger partial charge in [-0.3, -0.25) is 4.79 Å². The van der Waals surface area contributed by atoms with Crippen LogP contribution in [0.4, 0.5) is 5.69 Å². The third-order valence-electron chi connectivity index (χ3n) is 4.67. The topological polar surface area (TPSA) is 84.5 Å². The molecule has 0 aliphatic heterocycles. The second kappa shape index (κ2) is 9.08. The van der Waals surface area contributed by atoms with Crippen LogP contribution in [0.1, 0.15) is 33.3 Å². The minimum absolute atomic E-state index is 0.0156. The second-order valence-electron chi connectivity index (χ2n) is 8.25. The van der Waals surface area contributed by atoms with Gasteiger partial charge in [-0.2, -0.15) is 4.72 Å². The molecule has 0 aliphatic carbocycles. The zero-order valence-corrected chi connectivity index (χ0v) is 19.0. The Morgan fingerprint density at radius 1 is 0.935 bits per heavy atom. The third-order valence-corrected chi connectivity index (χ3v) is 6.21. The number of fused-ring (bicyclic) bond motifs is 1. The first-order valence-electron chi connectivity index (χ1n) is 10.1. The summed E-state index contributed by atoms with van der Waals surface area (Å²) in [4.78, 5) is 13.0. The van der Waals surface area contributed by atoms with Gasteiger partial charge in [0.05, 0.1) is 11.9 Å². The highest BCUT2D eigenvalue weighted by molar-refractivity contribution is 7.88. The molecule has 0 unspecified atom stereocenters. The van der Waals surface area contributed by atoms with Crippen LogP contribution in [0.3, 0.4) is 0 Å². The Balaban J connectivity index is 1.81. The third kappa shape index (κ3) is 5.83. The number of benzene rings is 3. The van der Waals surface area contributed by atoms with Crippen molar-refractivity contribution >= 4 is 32.4 Å². The maximum atomic E-state index is 13.0. The standard InChI is InChI=1S/C24H28N2O4S/c1-17(2)30-22-15-14-21(19-12-8-9-13-20(19)22)25-23(27)24(3,4)26-31(28,29)16-18-10-6-5-7-11-18/h5-15,17,26H,16H2,1-4H3,(H,25,27). The number of hydrogen-bond acceptors (Lipinski definition) is 4. The summed E-state index contributed by atoms with van der Waals surface area (Å²) in [5, 5.41) is 4.56. The molecule has 0 bridgehead atoms. The number of ether oxygens (including phenoxy) is 1. The van der Waals surface area contributed by atoms with Crippen molar-refractivity contribution in [2.45, 2.75) is 45.1 Å². The van der Waals surface area contributed by atoms with Crippen LogP contribution < -0.4 is 14.8 Å². The minimum Gasteiger partial charge on any atom is -0.490 e. The predicted octanol–water partition coefficient (Wildman–Crippen LogP) is 4.46. The fraction of sp³-hybridized carbons (Fsp3) is 0.292. The number of carbonyl (C=O) groups is 1. The Labute approximate surface area is 183 Å². The molecule has 164 valence electrons. The molecular weight excluding hydrogens is 412 g/mol. The Morgan fingerprint density at radius 2 is 1.55 bits per heavy atom. The van der Waals surface area contributed by atoms with Crippen LogP contribution in [0.15, 0.2) is 66.7 Å². The fourth-order valence-corrected chi connectivity index (χ4v) is 4.85. The highest BCUT2D eigenvalue weighted by atomic mass is 32.2. The second-order valence-corrected chi connectivity index (χ2v) is 9.97. The molecule has 3 rings (SSSR count). The summed E-state index contributed by atoms with van der Waals surface area (Å²) in [6, 6.07) is 20.0. The molecule has 3 aromatic rings. The van der Waals surface area contributed by atoms with Crippen LogP contribution in [0.25, 0.3) is 10.8 Å². The van der Waals surface area contributed by atoms with Gasteiger partial charge in [-0.05, 0) is 45.4 Å². The van der Waals surface area contributed by atoms with Crippen molar-refractivity contribution in [3.05, 3.63) is 72.3 Å². The summed E-state index contributed by atoms with van der Waals surface area (Å²) in [6.07, 6.45) is 0.0156. The lowest BCUT2D eigenvalue weighted by molar-refractivity contribution is -0.120. The van der Waals surface area contributed by atoms with Gasteiger partial charge in [-0.25, -0.2) is 8.42 Å². The minimum atomic E-state index is -3.72. The lowest BCUT2D eigenvalue weighted by atomic mass is 10.0. The molecule has 0 saturated heterocycles. The first-order valence-corrected chi connectivity index (χ1v) is 11.8. The highest BCUT2D eigenvalue weighted by Gasteiger charge is 2.33. The fourth-order valence-electron chi connectivity index (χ4n) is 3.28. The molecule has 7 heteroatoms. The summed E-state index contributed by atoms with van der Waals surface area (Å²) >= 11 is 0. The van der Waals surface area contributed by atoms with Gasteiger partial charge < -0.3 is 10.1 Å². The van der Waals surface area contributed by atoms with E-state index in [-0.39, 0.29) is 11.9 Å². The molecule has 0 atom stereocenters. The van der Waals surface area contributed by atoms with Crippen LogP contribution >= 0.6 is 0 Å². The molecule has 0 fully saturated rings. The van der Waals surface area contributed by atoms with E-state index < -0.39 is 21.5 Å². The molecule has 0 heterocycles. The van der Waals surface area contributed by atoms with E-state index in [1.807, 2.05) is 50.2 Å². The van der Waals surface area contributed by atoms with Crippen LogP contribution in [-0.4, -0.2) is 26.0 Å². The van der Waals surface area contributed by atoms with Crippen molar-refractivity contribution in [3.63, 3.8) is 0 Å². The average molecular weight is 441 g/mol. The van der Waals surface area contributed by atoms with Gasteiger partial charge in [0, 0.05) is 16.5 Å². The van der Waals surface area contributed by atoms with Gasteiger partial charge in [-0.1, -0.05) is 54.6 Å². The molecule has 0 radical (unpaired) electrons. The number of anilines is 1. The number of nitrogens with one attached hydrogen (secondary N) is 2. The molecule has 31 heavy (non-hydrogen) atoms. The van der Waals surface area contributed by atoms with E-state index in [4.69, 9.17) is 4.74 Å². The van der Waals surface area contributed by atoms with Crippen molar-refractivity contribution in [2.75, 3.05) is 5.32 Å². The van der Waals surface area contributed by atoms with E-state index in [2.05, 4.69) is 10.0 Å². The summed E-state index contributed by atoms with van der Waals surface area (Å²) < 4.78 is 33.6. The lowest BCUT2D eigenvalue weighted by Gasteiger charge is -2.25. The Hall–Kier alpha value is -2.90. The number of rotatable bonds is 8.